The van der Waals surface area contributed by atoms with Crippen molar-refractivity contribution in [2.24, 2.45) is 0 Å². The Balaban J connectivity index is 1.61. The van der Waals surface area contributed by atoms with Crippen molar-refractivity contribution < 1.29 is 19.1 Å². The fraction of sp³-hybridized carbons (Fsp3) is 0.444. The number of nitrogens with one attached hydrogen (secondary N) is 1. The molecule has 3 rings (SSSR count). The fourth-order valence-electron chi connectivity index (χ4n) is 2.86. The Morgan fingerprint density at radius 3 is 2.54 bits per heavy atom. The van der Waals surface area contributed by atoms with Crippen molar-refractivity contribution >= 4 is 11.9 Å². The Morgan fingerprint density at radius 2 is 1.85 bits per heavy atom. The Hall–Kier alpha value is -2.90. The molecular weight excluding hydrogens is 336 g/mol. The number of hydrogen-bond donors (Lipinski definition) is 1. The zero-order valence-corrected chi connectivity index (χ0v) is 14.7. The van der Waals surface area contributed by atoms with Gasteiger partial charge in [0.25, 0.3) is 5.91 Å². The number of carbonyl (C=O) groups excluding carboxylic acids is 2. The third-order valence-corrected chi connectivity index (χ3v) is 4.22. The summed E-state index contributed by atoms with van der Waals surface area (Å²) in [6, 6.07) is 7.01. The Kier molecular flexibility index (Phi) is 5.83. The molecule has 1 saturated heterocycles. The maximum Gasteiger partial charge on any atom is 0.361 e. The number of piperidine rings is 1. The van der Waals surface area contributed by atoms with E-state index < -0.39 is 5.97 Å². The van der Waals surface area contributed by atoms with Gasteiger partial charge >= 0.3 is 5.97 Å². The van der Waals surface area contributed by atoms with E-state index in [9.17, 15) is 9.59 Å². The Morgan fingerprint density at radius 1 is 1.12 bits per heavy atom. The third-order valence-electron chi connectivity index (χ3n) is 4.22. The van der Waals surface area contributed by atoms with Crippen LogP contribution < -0.4 is 4.74 Å². The highest BCUT2D eigenvalue weighted by molar-refractivity contribution is 5.93. The number of esters is 1. The van der Waals surface area contributed by atoms with Crippen LogP contribution in [0, 0.1) is 0 Å². The summed E-state index contributed by atoms with van der Waals surface area (Å²) in [4.78, 5) is 25.9. The number of nitrogens with zero attached hydrogens (tertiary/aromatic N) is 3. The van der Waals surface area contributed by atoms with Crippen LogP contribution in [-0.4, -0.2) is 58.5 Å². The summed E-state index contributed by atoms with van der Waals surface area (Å²) in [6.07, 6.45) is 3.30. The maximum absolute atomic E-state index is 12.1. The quantitative estimate of drug-likeness (QED) is 0.794. The molecule has 1 aliphatic heterocycles. The molecular formula is C18H22N4O4. The third kappa shape index (κ3) is 4.19. The van der Waals surface area contributed by atoms with Crippen LogP contribution in [-0.2, 0) is 9.53 Å². The molecule has 0 saturated carbocycles. The lowest BCUT2D eigenvalue weighted by Crippen LogP contribution is -2.38. The predicted octanol–water partition coefficient (Wildman–Crippen LogP) is 2.04. The summed E-state index contributed by atoms with van der Waals surface area (Å²) in [6.45, 7) is 3.64. The van der Waals surface area contributed by atoms with Gasteiger partial charge < -0.3 is 14.4 Å². The summed E-state index contributed by atoms with van der Waals surface area (Å²) in [5.74, 6) is 0.0684. The highest BCUT2D eigenvalue weighted by atomic mass is 16.5. The topological polar surface area (TPSA) is 97.4 Å². The van der Waals surface area contributed by atoms with Gasteiger partial charge in [0.15, 0.2) is 12.3 Å². The number of amides is 1. The van der Waals surface area contributed by atoms with Crippen molar-refractivity contribution in [1.82, 2.24) is 20.3 Å². The number of likely N-dealkylation sites (tertiary alicyclic amines) is 1. The minimum Gasteiger partial charge on any atom is -0.484 e. The first-order valence-electron chi connectivity index (χ1n) is 8.78. The van der Waals surface area contributed by atoms with E-state index in [0.29, 0.717) is 17.0 Å². The van der Waals surface area contributed by atoms with Crippen LogP contribution in [0.2, 0.25) is 0 Å². The van der Waals surface area contributed by atoms with E-state index in [4.69, 9.17) is 9.47 Å². The number of aromatic amines is 1. The monoisotopic (exact) mass is 358 g/mol. The minimum absolute atomic E-state index is 0.00914. The van der Waals surface area contributed by atoms with Crippen molar-refractivity contribution in [3.05, 3.63) is 30.0 Å². The van der Waals surface area contributed by atoms with Gasteiger partial charge in [0, 0.05) is 18.7 Å². The summed E-state index contributed by atoms with van der Waals surface area (Å²) >= 11 is 0. The van der Waals surface area contributed by atoms with Gasteiger partial charge in [-0.1, -0.05) is 0 Å². The molecule has 8 heteroatoms. The second kappa shape index (κ2) is 8.46. The van der Waals surface area contributed by atoms with E-state index in [-0.39, 0.29) is 24.8 Å². The molecule has 1 aromatic heterocycles. The van der Waals surface area contributed by atoms with Crippen molar-refractivity contribution in [3.63, 3.8) is 0 Å². The first-order valence-corrected chi connectivity index (χ1v) is 8.78. The van der Waals surface area contributed by atoms with Crippen LogP contribution in [0.1, 0.15) is 36.7 Å². The van der Waals surface area contributed by atoms with Gasteiger partial charge in [0.05, 0.1) is 6.61 Å². The van der Waals surface area contributed by atoms with E-state index in [1.165, 1.54) is 6.42 Å². The van der Waals surface area contributed by atoms with Crippen molar-refractivity contribution in [2.75, 3.05) is 26.3 Å². The molecule has 0 radical (unpaired) electrons. The van der Waals surface area contributed by atoms with Crippen LogP contribution in [0.3, 0.4) is 0 Å². The van der Waals surface area contributed by atoms with Crippen molar-refractivity contribution in [1.29, 1.82) is 0 Å². The molecule has 0 spiro atoms. The summed E-state index contributed by atoms with van der Waals surface area (Å²) in [5.41, 5.74) is 1.26. The largest absolute Gasteiger partial charge is 0.484 e. The molecule has 0 atom stereocenters. The average molecular weight is 358 g/mol. The normalized spacial score (nSPS) is 14.1. The summed E-state index contributed by atoms with van der Waals surface area (Å²) in [5, 5.41) is 10.3. The zero-order valence-electron chi connectivity index (χ0n) is 14.7. The molecule has 0 bridgehead atoms. The fourth-order valence-corrected chi connectivity index (χ4v) is 2.86. The smallest absolute Gasteiger partial charge is 0.361 e. The average Bonchev–Trinajstić information content (AvgIpc) is 3.17. The maximum atomic E-state index is 12.1. The van der Waals surface area contributed by atoms with E-state index in [1.54, 1.807) is 31.2 Å². The molecule has 26 heavy (non-hydrogen) atoms. The molecule has 1 fully saturated rings. The minimum atomic E-state index is -0.524. The first kappa shape index (κ1) is 17.9. The van der Waals surface area contributed by atoms with Gasteiger partial charge in [-0.3, -0.25) is 4.79 Å². The standard InChI is InChI=1S/C18H22N4O4/c1-2-25-18(24)17-16(19-21-20-17)13-6-8-14(9-7-13)26-12-15(23)22-10-4-3-5-11-22/h6-9H,2-5,10-12H2,1H3,(H,19,20,21). The second-order valence-corrected chi connectivity index (χ2v) is 6.00. The lowest BCUT2D eigenvalue weighted by atomic mass is 10.1. The molecule has 2 aromatic rings. The molecule has 1 amide bonds. The van der Waals surface area contributed by atoms with Crippen LogP contribution >= 0.6 is 0 Å². The van der Waals surface area contributed by atoms with Gasteiger partial charge in [-0.05, 0) is 50.5 Å². The lowest BCUT2D eigenvalue weighted by molar-refractivity contribution is -0.134. The molecule has 0 aliphatic carbocycles. The van der Waals surface area contributed by atoms with Crippen LogP contribution in [0.4, 0.5) is 0 Å². The van der Waals surface area contributed by atoms with Crippen LogP contribution in [0.15, 0.2) is 24.3 Å². The zero-order chi connectivity index (χ0) is 18.4. The molecule has 2 heterocycles. The molecule has 0 unspecified atom stereocenters. The van der Waals surface area contributed by atoms with Crippen LogP contribution in [0.25, 0.3) is 11.3 Å². The van der Waals surface area contributed by atoms with Gasteiger partial charge in [0.2, 0.25) is 0 Å². The number of hydrogen-bond acceptors (Lipinski definition) is 6. The van der Waals surface area contributed by atoms with E-state index in [2.05, 4.69) is 15.4 Å². The van der Waals surface area contributed by atoms with E-state index >= 15 is 0 Å². The molecule has 1 N–H and O–H groups in total. The Bertz CT molecular complexity index is 751. The summed E-state index contributed by atoms with van der Waals surface area (Å²) < 4.78 is 10.5. The molecule has 1 aliphatic rings. The van der Waals surface area contributed by atoms with Gasteiger partial charge in [-0.15, -0.1) is 5.10 Å². The number of H-pyrrole nitrogens is 1. The number of benzene rings is 1. The summed E-state index contributed by atoms with van der Waals surface area (Å²) in [7, 11) is 0. The van der Waals surface area contributed by atoms with Gasteiger partial charge in [-0.25, -0.2) is 4.79 Å². The molecule has 1 aromatic carbocycles. The van der Waals surface area contributed by atoms with Crippen LogP contribution in [0.5, 0.6) is 5.75 Å². The van der Waals surface area contributed by atoms with E-state index in [1.807, 2.05) is 4.90 Å². The molecule has 8 nitrogen and oxygen atoms in total. The Labute approximate surface area is 151 Å². The number of aromatic nitrogens is 3. The predicted molar refractivity (Wildman–Crippen MR) is 93.7 cm³/mol. The number of ether oxygens (including phenoxy) is 2. The first-order chi connectivity index (χ1) is 12.7. The van der Waals surface area contributed by atoms with E-state index in [0.717, 1.165) is 25.9 Å². The SMILES string of the molecule is CCOC(=O)c1n[nH]nc1-c1ccc(OCC(=O)N2CCCCC2)cc1. The second-order valence-electron chi connectivity index (χ2n) is 6.00. The number of carbonyl (C=O) groups is 2. The highest BCUT2D eigenvalue weighted by Crippen LogP contribution is 2.23. The van der Waals surface area contributed by atoms with Gasteiger partial charge in [-0.2, -0.15) is 10.3 Å². The lowest BCUT2D eigenvalue weighted by Gasteiger charge is -2.26. The van der Waals surface area contributed by atoms with Crippen molar-refractivity contribution in [2.45, 2.75) is 26.2 Å². The number of rotatable bonds is 6. The highest BCUT2D eigenvalue weighted by Gasteiger charge is 2.19. The van der Waals surface area contributed by atoms with Gasteiger partial charge in [0.1, 0.15) is 11.4 Å². The molecule has 138 valence electrons. The van der Waals surface area contributed by atoms with Crippen molar-refractivity contribution in [3.8, 4) is 17.0 Å².